The van der Waals surface area contributed by atoms with Crippen molar-refractivity contribution in [2.24, 2.45) is 5.73 Å². The van der Waals surface area contributed by atoms with Gasteiger partial charge < -0.3 is 15.2 Å². The lowest BCUT2D eigenvalue weighted by molar-refractivity contribution is 0.253. The van der Waals surface area contributed by atoms with Crippen LogP contribution in [0.3, 0.4) is 0 Å². The minimum atomic E-state index is -0.205. The van der Waals surface area contributed by atoms with Crippen molar-refractivity contribution in [3.05, 3.63) is 121 Å². The molecular formula is C33H27N5O2. The van der Waals surface area contributed by atoms with E-state index in [1.807, 2.05) is 79.0 Å². The molecule has 1 aliphatic rings. The Morgan fingerprint density at radius 1 is 0.650 bits per heavy atom. The van der Waals surface area contributed by atoms with Gasteiger partial charge in [-0.1, -0.05) is 72.8 Å². The van der Waals surface area contributed by atoms with Gasteiger partial charge in [0.2, 0.25) is 0 Å². The van der Waals surface area contributed by atoms with Crippen molar-refractivity contribution < 1.29 is 9.47 Å². The molecule has 4 aromatic carbocycles. The molecule has 0 amide bonds. The van der Waals surface area contributed by atoms with Gasteiger partial charge in [-0.05, 0) is 66.8 Å². The molecule has 2 N–H and O–H groups in total. The summed E-state index contributed by atoms with van der Waals surface area (Å²) in [5, 5.41) is 4.56. The molecule has 1 aliphatic carbocycles. The summed E-state index contributed by atoms with van der Waals surface area (Å²) in [6.45, 7) is 0. The molecule has 2 heterocycles. The van der Waals surface area contributed by atoms with Crippen molar-refractivity contribution in [1.29, 1.82) is 0 Å². The van der Waals surface area contributed by atoms with E-state index in [2.05, 4.69) is 46.5 Å². The SMILES string of the molecule is NC1(c2ccc(-c3nc4nc(Oc5ccc(Oc6ccccc6)cc5)nn4cc3-c3ccccc3)cc2)CCC1. The van der Waals surface area contributed by atoms with Crippen LogP contribution in [0.1, 0.15) is 24.8 Å². The highest BCUT2D eigenvalue weighted by atomic mass is 16.5. The van der Waals surface area contributed by atoms with Gasteiger partial charge in [-0.25, -0.2) is 9.50 Å². The van der Waals surface area contributed by atoms with Crippen LogP contribution in [0.15, 0.2) is 115 Å². The maximum absolute atomic E-state index is 6.56. The van der Waals surface area contributed by atoms with Crippen molar-refractivity contribution in [2.45, 2.75) is 24.8 Å². The second kappa shape index (κ2) is 9.94. The average molecular weight is 526 g/mol. The number of rotatable bonds is 7. The van der Waals surface area contributed by atoms with Gasteiger partial charge in [-0.15, -0.1) is 5.10 Å². The minimum Gasteiger partial charge on any atom is -0.457 e. The Labute approximate surface area is 231 Å². The molecule has 0 atom stereocenters. The number of ether oxygens (including phenoxy) is 2. The summed E-state index contributed by atoms with van der Waals surface area (Å²) in [5.74, 6) is 2.54. The zero-order valence-corrected chi connectivity index (χ0v) is 21.8. The summed E-state index contributed by atoms with van der Waals surface area (Å²) < 4.78 is 13.5. The van der Waals surface area contributed by atoms with Crippen LogP contribution < -0.4 is 15.2 Å². The number of benzene rings is 4. The first-order chi connectivity index (χ1) is 19.6. The van der Waals surface area contributed by atoms with Gasteiger partial charge in [0.05, 0.1) is 5.69 Å². The van der Waals surface area contributed by atoms with E-state index < -0.39 is 0 Å². The Balaban J connectivity index is 1.20. The fourth-order valence-electron chi connectivity index (χ4n) is 5.01. The van der Waals surface area contributed by atoms with E-state index in [4.69, 9.17) is 20.2 Å². The molecule has 2 aromatic heterocycles. The van der Waals surface area contributed by atoms with Gasteiger partial charge in [-0.2, -0.15) is 4.98 Å². The van der Waals surface area contributed by atoms with Crippen LogP contribution in [-0.2, 0) is 5.54 Å². The molecule has 0 saturated heterocycles. The molecule has 1 fully saturated rings. The molecule has 7 heteroatoms. The van der Waals surface area contributed by atoms with Crippen molar-refractivity contribution in [3.8, 4) is 45.6 Å². The van der Waals surface area contributed by atoms with E-state index in [1.165, 1.54) is 12.0 Å². The highest BCUT2D eigenvalue weighted by molar-refractivity contribution is 5.81. The first kappa shape index (κ1) is 24.1. The Hall–Kier alpha value is -5.01. The Bertz CT molecular complexity index is 1760. The van der Waals surface area contributed by atoms with Gasteiger partial charge in [0.25, 0.3) is 5.78 Å². The van der Waals surface area contributed by atoms with Crippen LogP contribution in [0.4, 0.5) is 0 Å². The lowest BCUT2D eigenvalue weighted by Crippen LogP contribution is -2.43. The number of para-hydroxylation sites is 1. The van der Waals surface area contributed by atoms with E-state index in [0.717, 1.165) is 41.0 Å². The predicted molar refractivity (Wildman–Crippen MR) is 154 cm³/mol. The van der Waals surface area contributed by atoms with E-state index in [0.29, 0.717) is 17.3 Å². The van der Waals surface area contributed by atoms with E-state index >= 15 is 0 Å². The highest BCUT2D eigenvalue weighted by Gasteiger charge is 2.34. The predicted octanol–water partition coefficient (Wildman–Crippen LogP) is 7.38. The van der Waals surface area contributed by atoms with Gasteiger partial charge >= 0.3 is 6.01 Å². The van der Waals surface area contributed by atoms with Crippen molar-refractivity contribution in [3.63, 3.8) is 0 Å². The van der Waals surface area contributed by atoms with E-state index in [1.54, 1.807) is 4.52 Å². The Kier molecular flexibility index (Phi) is 5.98. The normalized spacial score (nSPS) is 14.0. The molecule has 0 unspecified atom stereocenters. The lowest BCUT2D eigenvalue weighted by atomic mass is 9.72. The Morgan fingerprint density at radius 3 is 1.93 bits per heavy atom. The third-order valence-electron chi connectivity index (χ3n) is 7.39. The number of hydrogen-bond donors (Lipinski definition) is 1. The summed E-state index contributed by atoms with van der Waals surface area (Å²) in [7, 11) is 0. The van der Waals surface area contributed by atoms with Crippen molar-refractivity contribution >= 4 is 5.78 Å². The molecule has 0 bridgehead atoms. The number of hydrogen-bond acceptors (Lipinski definition) is 6. The summed E-state index contributed by atoms with van der Waals surface area (Å²) in [6, 6.07) is 35.8. The molecule has 196 valence electrons. The first-order valence-electron chi connectivity index (χ1n) is 13.4. The van der Waals surface area contributed by atoms with Crippen LogP contribution in [0, 0.1) is 0 Å². The van der Waals surface area contributed by atoms with Gasteiger partial charge in [-0.3, -0.25) is 0 Å². The first-order valence-corrected chi connectivity index (χ1v) is 13.4. The molecule has 7 rings (SSSR count). The summed E-state index contributed by atoms with van der Waals surface area (Å²) in [4.78, 5) is 9.49. The average Bonchev–Trinajstić information content (AvgIpc) is 3.38. The minimum absolute atomic E-state index is 0.205. The molecule has 1 saturated carbocycles. The van der Waals surface area contributed by atoms with Crippen molar-refractivity contribution in [1.82, 2.24) is 19.6 Å². The van der Waals surface area contributed by atoms with Gasteiger partial charge in [0, 0.05) is 22.9 Å². The fourth-order valence-corrected chi connectivity index (χ4v) is 5.01. The zero-order chi connectivity index (χ0) is 26.9. The number of nitrogens with zero attached hydrogens (tertiary/aromatic N) is 4. The molecule has 0 aliphatic heterocycles. The van der Waals surface area contributed by atoms with Crippen LogP contribution in [0.25, 0.3) is 28.2 Å². The molecule has 40 heavy (non-hydrogen) atoms. The van der Waals surface area contributed by atoms with Crippen LogP contribution in [0.5, 0.6) is 23.3 Å². The summed E-state index contributed by atoms with van der Waals surface area (Å²) >= 11 is 0. The van der Waals surface area contributed by atoms with Crippen molar-refractivity contribution in [2.75, 3.05) is 0 Å². The molecule has 0 spiro atoms. The molecule has 7 nitrogen and oxygen atoms in total. The maximum atomic E-state index is 6.56. The fraction of sp³-hybridized carbons (Fsp3) is 0.121. The maximum Gasteiger partial charge on any atom is 0.343 e. The van der Waals surface area contributed by atoms with E-state index in [-0.39, 0.29) is 11.5 Å². The quantitative estimate of drug-likeness (QED) is 0.234. The smallest absolute Gasteiger partial charge is 0.343 e. The largest absolute Gasteiger partial charge is 0.457 e. The monoisotopic (exact) mass is 525 g/mol. The molecular weight excluding hydrogens is 498 g/mol. The second-order valence-corrected chi connectivity index (χ2v) is 10.1. The number of aromatic nitrogens is 4. The number of nitrogens with two attached hydrogens (primary N) is 1. The van der Waals surface area contributed by atoms with Gasteiger partial charge in [0.1, 0.15) is 17.2 Å². The molecule has 0 radical (unpaired) electrons. The zero-order valence-electron chi connectivity index (χ0n) is 21.8. The highest BCUT2D eigenvalue weighted by Crippen LogP contribution is 2.40. The summed E-state index contributed by atoms with van der Waals surface area (Å²) in [5.41, 5.74) is 11.3. The van der Waals surface area contributed by atoms with Gasteiger partial charge in [0.15, 0.2) is 0 Å². The number of fused-ring (bicyclic) bond motifs is 1. The third kappa shape index (κ3) is 4.67. The second-order valence-electron chi connectivity index (χ2n) is 10.1. The summed E-state index contributed by atoms with van der Waals surface area (Å²) in [6.07, 6.45) is 5.18. The standard InChI is InChI=1S/C33H27N5O2/c34-33(20-7-21-33)25-14-12-24(13-15-25)30-29(23-8-3-1-4-9-23)22-38-31(35-30)36-32(37-38)40-28-18-16-27(17-19-28)39-26-10-5-2-6-11-26/h1-6,8-19,22H,7,20-21,34H2. The van der Waals surface area contributed by atoms with Crippen LogP contribution >= 0.6 is 0 Å². The Morgan fingerprint density at radius 2 is 1.27 bits per heavy atom. The van der Waals surface area contributed by atoms with Crippen LogP contribution in [-0.4, -0.2) is 19.6 Å². The molecule has 6 aromatic rings. The topological polar surface area (TPSA) is 87.6 Å². The van der Waals surface area contributed by atoms with E-state index in [9.17, 15) is 0 Å². The third-order valence-corrected chi connectivity index (χ3v) is 7.39. The lowest BCUT2D eigenvalue weighted by Gasteiger charge is -2.38. The van der Waals surface area contributed by atoms with Crippen LogP contribution in [0.2, 0.25) is 0 Å².